The minimum Gasteiger partial charge on any atom is -0.508 e. The van der Waals surface area contributed by atoms with E-state index >= 15 is 0 Å². The normalized spacial score (nSPS) is 13.9. The molecule has 5 nitrogen and oxygen atoms in total. The fourth-order valence-corrected chi connectivity index (χ4v) is 11.0. The smallest absolute Gasteiger partial charge is 0.127 e. The molecule has 63 heavy (non-hydrogen) atoms. The van der Waals surface area contributed by atoms with Crippen LogP contribution in [0.3, 0.4) is 0 Å². The molecule has 0 amide bonds. The summed E-state index contributed by atoms with van der Waals surface area (Å²) in [5.41, 5.74) is 11.4. The van der Waals surface area contributed by atoms with E-state index in [-0.39, 0.29) is 23.0 Å². The van der Waals surface area contributed by atoms with Crippen LogP contribution in [0.4, 0.5) is 0 Å². The van der Waals surface area contributed by atoms with Gasteiger partial charge in [-0.2, -0.15) is 0 Å². The number of fused-ring (bicyclic) bond motifs is 8. The number of ether oxygens (including phenoxy) is 1. The minimum absolute atomic E-state index is 0.127. The summed E-state index contributed by atoms with van der Waals surface area (Å²) in [6, 6.07) is 68.2. The van der Waals surface area contributed by atoms with E-state index in [1.807, 2.05) is 36.4 Å². The van der Waals surface area contributed by atoms with Crippen molar-refractivity contribution in [2.24, 2.45) is 0 Å². The first kappa shape index (κ1) is 36.6. The van der Waals surface area contributed by atoms with Gasteiger partial charge in [-0.15, -0.1) is 0 Å². The number of phenols is 4. The summed E-state index contributed by atoms with van der Waals surface area (Å²) in [5.74, 6) is 1.90. The lowest BCUT2D eigenvalue weighted by Crippen LogP contribution is -2.29. The number of hydrogen-bond donors (Lipinski definition) is 4. The minimum atomic E-state index is -0.773. The van der Waals surface area contributed by atoms with Gasteiger partial charge >= 0.3 is 0 Å². The van der Waals surface area contributed by atoms with Gasteiger partial charge < -0.3 is 25.2 Å². The Morgan fingerprint density at radius 3 is 0.968 bits per heavy atom. The summed E-state index contributed by atoms with van der Waals surface area (Å²) in [6.07, 6.45) is 0. The van der Waals surface area contributed by atoms with Crippen LogP contribution in [0, 0.1) is 0 Å². The van der Waals surface area contributed by atoms with Crippen LogP contribution in [0.15, 0.2) is 206 Å². The molecule has 0 bridgehead atoms. The van der Waals surface area contributed by atoms with Crippen LogP contribution in [-0.2, 0) is 10.8 Å². The Balaban J connectivity index is 0.983. The first-order valence-corrected chi connectivity index (χ1v) is 21.1. The van der Waals surface area contributed by atoms with Crippen LogP contribution < -0.4 is 4.74 Å². The molecule has 0 fully saturated rings. The van der Waals surface area contributed by atoms with Crippen molar-refractivity contribution in [3.63, 3.8) is 0 Å². The number of aromatic hydroxyl groups is 4. The van der Waals surface area contributed by atoms with Crippen LogP contribution in [0.5, 0.6) is 34.5 Å². The summed E-state index contributed by atoms with van der Waals surface area (Å²) in [5, 5.41) is 46.5. The molecule has 0 saturated heterocycles. The molecule has 0 saturated carbocycles. The van der Waals surface area contributed by atoms with Gasteiger partial charge in [-0.05, 0) is 150 Å². The quantitative estimate of drug-likeness (QED) is 0.134. The molecule has 0 radical (unpaired) electrons. The van der Waals surface area contributed by atoms with Gasteiger partial charge in [0.25, 0.3) is 0 Å². The standard InChI is InChI=1S/C58H38O5/c59-37-21-27-45-47(33-37)53(29-31-55(45)61)57(49-13-5-1-9-41(49)42-10-2-6-14-50(42)57)35-17-23-39(24-18-35)63-40-25-19-36(20-26-40)58(54-30-32-56(62)46-28-22-38(60)34-48(46)54)51-15-7-3-11-43(51)44-12-4-8-16-52(44)58/h1-34,59-62H. The molecular formula is C58H38O5. The lowest BCUT2D eigenvalue weighted by Gasteiger charge is -2.35. The molecule has 300 valence electrons. The van der Waals surface area contributed by atoms with E-state index in [9.17, 15) is 20.4 Å². The van der Waals surface area contributed by atoms with Gasteiger partial charge in [-0.25, -0.2) is 0 Å². The Labute approximate surface area is 363 Å². The average molecular weight is 815 g/mol. The van der Waals surface area contributed by atoms with Crippen molar-refractivity contribution in [2.45, 2.75) is 10.8 Å². The third-order valence-corrected chi connectivity index (χ3v) is 13.5. The van der Waals surface area contributed by atoms with Gasteiger partial charge in [0.1, 0.15) is 34.5 Å². The molecule has 0 atom stereocenters. The van der Waals surface area contributed by atoms with Crippen molar-refractivity contribution in [2.75, 3.05) is 0 Å². The highest BCUT2D eigenvalue weighted by Crippen LogP contribution is 2.60. The van der Waals surface area contributed by atoms with Crippen LogP contribution in [-0.4, -0.2) is 20.4 Å². The molecule has 4 N–H and O–H groups in total. The SMILES string of the molecule is Oc1ccc2c(O)ccc(C3(c4ccc(Oc5ccc(C6(c7ccc(O)c8ccc(O)cc78)c7ccccc7-c7ccccc76)cc5)cc4)c4ccccc4-c4ccccc43)c2c1. The van der Waals surface area contributed by atoms with Crippen molar-refractivity contribution in [1.29, 1.82) is 0 Å². The van der Waals surface area contributed by atoms with Crippen molar-refractivity contribution in [3.8, 4) is 56.8 Å². The second kappa shape index (κ2) is 13.6. The van der Waals surface area contributed by atoms with E-state index in [1.54, 1.807) is 48.5 Å². The van der Waals surface area contributed by atoms with Crippen LogP contribution in [0.2, 0.25) is 0 Å². The molecule has 0 aromatic heterocycles. The first-order chi connectivity index (χ1) is 30.9. The molecule has 0 heterocycles. The molecule has 10 aromatic carbocycles. The fourth-order valence-electron chi connectivity index (χ4n) is 11.0. The fraction of sp³-hybridized carbons (Fsp3) is 0.0345. The number of benzene rings is 10. The number of hydrogen-bond acceptors (Lipinski definition) is 5. The van der Waals surface area contributed by atoms with Gasteiger partial charge in [-0.3, -0.25) is 0 Å². The Kier molecular flexibility index (Phi) is 7.90. The van der Waals surface area contributed by atoms with Gasteiger partial charge in [0.15, 0.2) is 0 Å². The van der Waals surface area contributed by atoms with Crippen molar-refractivity contribution < 1.29 is 25.2 Å². The number of phenolic OH excluding ortho intramolecular Hbond substituents is 4. The maximum absolute atomic E-state index is 11.0. The predicted molar refractivity (Wildman–Crippen MR) is 249 cm³/mol. The summed E-state index contributed by atoms with van der Waals surface area (Å²) >= 11 is 0. The van der Waals surface area contributed by atoms with Gasteiger partial charge in [0.05, 0.1) is 10.8 Å². The highest BCUT2D eigenvalue weighted by Gasteiger charge is 2.48. The third kappa shape index (κ3) is 5.11. The van der Waals surface area contributed by atoms with E-state index in [4.69, 9.17) is 4.74 Å². The zero-order valence-electron chi connectivity index (χ0n) is 33.8. The Hall–Kier alpha value is -8.28. The van der Waals surface area contributed by atoms with E-state index in [1.165, 1.54) is 0 Å². The molecular weight excluding hydrogens is 777 g/mol. The maximum atomic E-state index is 11.0. The molecule has 0 unspecified atom stereocenters. The lowest BCUT2D eigenvalue weighted by atomic mass is 9.66. The molecule has 2 aliphatic carbocycles. The summed E-state index contributed by atoms with van der Waals surface area (Å²) in [4.78, 5) is 0. The van der Waals surface area contributed by atoms with Crippen molar-refractivity contribution >= 4 is 21.5 Å². The second-order valence-corrected chi connectivity index (χ2v) is 16.6. The molecule has 0 aliphatic heterocycles. The van der Waals surface area contributed by atoms with Crippen LogP contribution in [0.25, 0.3) is 43.8 Å². The van der Waals surface area contributed by atoms with Crippen LogP contribution in [0.1, 0.15) is 44.5 Å². The predicted octanol–water partition coefficient (Wildman–Crippen LogP) is 13.3. The van der Waals surface area contributed by atoms with E-state index in [2.05, 4.69) is 121 Å². The highest BCUT2D eigenvalue weighted by atomic mass is 16.5. The largest absolute Gasteiger partial charge is 0.508 e. The van der Waals surface area contributed by atoms with Crippen molar-refractivity contribution in [3.05, 3.63) is 251 Å². The van der Waals surface area contributed by atoms with Gasteiger partial charge in [0, 0.05) is 10.8 Å². The zero-order valence-corrected chi connectivity index (χ0v) is 33.8. The van der Waals surface area contributed by atoms with Gasteiger partial charge in [0.2, 0.25) is 0 Å². The first-order valence-electron chi connectivity index (χ1n) is 21.1. The number of rotatable bonds is 6. The topological polar surface area (TPSA) is 90.2 Å². The maximum Gasteiger partial charge on any atom is 0.127 e. The van der Waals surface area contributed by atoms with E-state index in [0.29, 0.717) is 22.3 Å². The van der Waals surface area contributed by atoms with Crippen LogP contribution >= 0.6 is 0 Å². The highest BCUT2D eigenvalue weighted by molar-refractivity contribution is 5.99. The average Bonchev–Trinajstić information content (AvgIpc) is 3.78. The third-order valence-electron chi connectivity index (χ3n) is 13.5. The lowest BCUT2D eigenvalue weighted by molar-refractivity contribution is 0.474. The molecule has 12 rings (SSSR count). The molecule has 0 spiro atoms. The van der Waals surface area contributed by atoms with Crippen molar-refractivity contribution in [1.82, 2.24) is 0 Å². The molecule has 5 heteroatoms. The Morgan fingerprint density at radius 1 is 0.286 bits per heavy atom. The zero-order chi connectivity index (χ0) is 42.5. The van der Waals surface area contributed by atoms with E-state index in [0.717, 1.165) is 77.5 Å². The van der Waals surface area contributed by atoms with E-state index < -0.39 is 10.8 Å². The molecule has 10 aromatic rings. The van der Waals surface area contributed by atoms with Gasteiger partial charge in [-0.1, -0.05) is 133 Å². The molecule has 2 aliphatic rings. The summed E-state index contributed by atoms with van der Waals surface area (Å²) in [6.45, 7) is 0. The summed E-state index contributed by atoms with van der Waals surface area (Å²) in [7, 11) is 0. The Morgan fingerprint density at radius 2 is 0.619 bits per heavy atom. The summed E-state index contributed by atoms with van der Waals surface area (Å²) < 4.78 is 6.64. The Bertz CT molecular complexity index is 3150. The second-order valence-electron chi connectivity index (χ2n) is 16.6. The monoisotopic (exact) mass is 814 g/mol.